The molecule has 0 saturated carbocycles. The molecule has 2 nitrogen and oxygen atoms in total. The zero-order valence-electron chi connectivity index (χ0n) is 10.3. The maximum absolute atomic E-state index is 6.00. The molecule has 1 atom stereocenters. The normalized spacial score (nSPS) is 12.6. The monoisotopic (exact) mass is 284 g/mol. The highest BCUT2D eigenvalue weighted by atomic mass is 79.9. The van der Waals surface area contributed by atoms with Crippen LogP contribution in [0.3, 0.4) is 0 Å². The van der Waals surface area contributed by atoms with Crippen molar-refractivity contribution in [2.24, 2.45) is 5.73 Å². The van der Waals surface area contributed by atoms with Crippen LogP contribution in [0.15, 0.2) is 22.7 Å². The molecule has 0 aliphatic carbocycles. The van der Waals surface area contributed by atoms with Gasteiger partial charge in [-0.05, 0) is 37.1 Å². The van der Waals surface area contributed by atoms with Gasteiger partial charge in [0.05, 0.1) is 0 Å². The molecule has 0 amide bonds. The molecule has 0 aromatic heterocycles. The van der Waals surface area contributed by atoms with Crippen LogP contribution in [0.5, 0.6) is 0 Å². The van der Waals surface area contributed by atoms with Gasteiger partial charge in [0.2, 0.25) is 0 Å². The summed E-state index contributed by atoms with van der Waals surface area (Å²) < 4.78 is 1.09. The van der Waals surface area contributed by atoms with Crippen molar-refractivity contribution in [3.05, 3.63) is 28.2 Å². The Bertz CT molecular complexity index is 337. The van der Waals surface area contributed by atoms with E-state index in [1.54, 1.807) is 0 Å². The lowest BCUT2D eigenvalue weighted by molar-refractivity contribution is 0.751. The zero-order valence-corrected chi connectivity index (χ0v) is 11.9. The second kappa shape index (κ2) is 6.26. The summed E-state index contributed by atoms with van der Waals surface area (Å²) >= 11 is 3.49. The van der Waals surface area contributed by atoms with Crippen molar-refractivity contribution in [1.29, 1.82) is 0 Å². The third kappa shape index (κ3) is 3.49. The Hall–Kier alpha value is -0.540. The summed E-state index contributed by atoms with van der Waals surface area (Å²) in [5.74, 6) is 0. The van der Waals surface area contributed by atoms with E-state index in [9.17, 15) is 0 Å². The number of halogens is 1. The number of rotatable bonds is 5. The fourth-order valence-electron chi connectivity index (χ4n) is 1.75. The maximum Gasteiger partial charge on any atom is 0.0412 e. The minimum atomic E-state index is 0.0663. The molecule has 1 aromatic rings. The lowest BCUT2D eigenvalue weighted by Crippen LogP contribution is -2.21. The molecular formula is C13H21BrN2. The van der Waals surface area contributed by atoms with Crippen molar-refractivity contribution in [2.45, 2.75) is 32.7 Å². The molecule has 0 saturated heterocycles. The van der Waals surface area contributed by atoms with E-state index in [0.29, 0.717) is 0 Å². The van der Waals surface area contributed by atoms with Crippen LogP contribution < -0.4 is 10.6 Å². The standard InChI is InChI=1S/C13H21BrN2/c1-4-5-8-16(3)13-7-6-11(14)9-12(13)10(2)15/h6-7,9-10H,4-5,8,15H2,1-3H3. The molecule has 0 aliphatic rings. The maximum atomic E-state index is 6.00. The van der Waals surface area contributed by atoms with E-state index in [2.05, 4.69) is 53.0 Å². The first-order valence-corrected chi connectivity index (χ1v) is 6.61. The van der Waals surface area contributed by atoms with Crippen LogP contribution in [0.4, 0.5) is 5.69 Å². The predicted molar refractivity (Wildman–Crippen MR) is 74.9 cm³/mol. The Labute approximate surface area is 107 Å². The first-order valence-electron chi connectivity index (χ1n) is 5.82. The van der Waals surface area contributed by atoms with Crippen LogP contribution in [0.1, 0.15) is 38.3 Å². The Kier molecular flexibility index (Phi) is 5.29. The molecule has 0 spiro atoms. The molecule has 0 bridgehead atoms. The fourth-order valence-corrected chi connectivity index (χ4v) is 2.13. The van der Waals surface area contributed by atoms with Gasteiger partial charge < -0.3 is 10.6 Å². The van der Waals surface area contributed by atoms with E-state index in [1.807, 2.05) is 6.92 Å². The lowest BCUT2D eigenvalue weighted by Gasteiger charge is -2.24. The first-order chi connectivity index (χ1) is 7.56. The Morgan fingerprint density at radius 2 is 2.12 bits per heavy atom. The van der Waals surface area contributed by atoms with Crippen molar-refractivity contribution in [2.75, 3.05) is 18.5 Å². The number of nitrogens with two attached hydrogens (primary N) is 1. The van der Waals surface area contributed by atoms with E-state index in [0.717, 1.165) is 11.0 Å². The van der Waals surface area contributed by atoms with Crippen LogP contribution in [-0.4, -0.2) is 13.6 Å². The van der Waals surface area contributed by atoms with E-state index < -0.39 is 0 Å². The number of benzene rings is 1. The summed E-state index contributed by atoms with van der Waals surface area (Å²) in [6.07, 6.45) is 2.43. The summed E-state index contributed by atoms with van der Waals surface area (Å²) in [6, 6.07) is 6.39. The Morgan fingerprint density at radius 3 is 2.69 bits per heavy atom. The second-order valence-electron chi connectivity index (χ2n) is 4.27. The van der Waals surface area contributed by atoms with E-state index in [1.165, 1.54) is 24.1 Å². The molecule has 2 N–H and O–H groups in total. The number of unbranched alkanes of at least 4 members (excludes halogenated alkanes) is 1. The average molecular weight is 285 g/mol. The van der Waals surface area contributed by atoms with Gasteiger partial charge in [0.15, 0.2) is 0 Å². The molecule has 90 valence electrons. The van der Waals surface area contributed by atoms with Gasteiger partial charge in [0.25, 0.3) is 0 Å². The highest BCUT2D eigenvalue weighted by Crippen LogP contribution is 2.28. The van der Waals surface area contributed by atoms with Gasteiger partial charge >= 0.3 is 0 Å². The van der Waals surface area contributed by atoms with Crippen molar-refractivity contribution < 1.29 is 0 Å². The highest BCUT2D eigenvalue weighted by Gasteiger charge is 2.10. The summed E-state index contributed by atoms with van der Waals surface area (Å²) in [7, 11) is 2.13. The SMILES string of the molecule is CCCCN(C)c1ccc(Br)cc1C(C)N. The smallest absolute Gasteiger partial charge is 0.0412 e. The van der Waals surface area contributed by atoms with E-state index >= 15 is 0 Å². The quantitative estimate of drug-likeness (QED) is 0.893. The zero-order chi connectivity index (χ0) is 12.1. The lowest BCUT2D eigenvalue weighted by atomic mass is 10.1. The van der Waals surface area contributed by atoms with Gasteiger partial charge in [-0.1, -0.05) is 29.3 Å². The third-order valence-electron chi connectivity index (χ3n) is 2.74. The van der Waals surface area contributed by atoms with Gasteiger partial charge in [0, 0.05) is 29.8 Å². The van der Waals surface area contributed by atoms with Gasteiger partial charge in [-0.25, -0.2) is 0 Å². The minimum Gasteiger partial charge on any atom is -0.374 e. The molecule has 0 fully saturated rings. The number of anilines is 1. The molecule has 0 aliphatic heterocycles. The average Bonchev–Trinajstić information content (AvgIpc) is 2.25. The minimum absolute atomic E-state index is 0.0663. The predicted octanol–water partition coefficient (Wildman–Crippen LogP) is 3.71. The molecule has 16 heavy (non-hydrogen) atoms. The van der Waals surface area contributed by atoms with Crippen LogP contribution in [-0.2, 0) is 0 Å². The number of nitrogens with zero attached hydrogens (tertiary/aromatic N) is 1. The third-order valence-corrected chi connectivity index (χ3v) is 3.23. The van der Waals surface area contributed by atoms with Crippen LogP contribution in [0, 0.1) is 0 Å². The summed E-state index contributed by atoms with van der Waals surface area (Å²) in [6.45, 7) is 5.32. The van der Waals surface area contributed by atoms with Gasteiger partial charge in [-0.3, -0.25) is 0 Å². The van der Waals surface area contributed by atoms with Crippen molar-refractivity contribution in [1.82, 2.24) is 0 Å². The molecule has 0 heterocycles. The van der Waals surface area contributed by atoms with Crippen molar-refractivity contribution in [3.63, 3.8) is 0 Å². The van der Waals surface area contributed by atoms with Gasteiger partial charge in [-0.2, -0.15) is 0 Å². The molecule has 1 unspecified atom stereocenters. The van der Waals surface area contributed by atoms with Crippen LogP contribution in [0.2, 0.25) is 0 Å². The number of hydrogen-bond donors (Lipinski definition) is 1. The fraction of sp³-hybridized carbons (Fsp3) is 0.538. The van der Waals surface area contributed by atoms with E-state index in [-0.39, 0.29) is 6.04 Å². The number of hydrogen-bond acceptors (Lipinski definition) is 2. The van der Waals surface area contributed by atoms with Crippen molar-refractivity contribution >= 4 is 21.6 Å². The van der Waals surface area contributed by atoms with Crippen LogP contribution >= 0.6 is 15.9 Å². The molecule has 0 radical (unpaired) electrons. The Morgan fingerprint density at radius 1 is 1.44 bits per heavy atom. The highest BCUT2D eigenvalue weighted by molar-refractivity contribution is 9.10. The van der Waals surface area contributed by atoms with Crippen LogP contribution in [0.25, 0.3) is 0 Å². The molecule has 3 heteroatoms. The second-order valence-corrected chi connectivity index (χ2v) is 5.18. The first kappa shape index (κ1) is 13.5. The van der Waals surface area contributed by atoms with Gasteiger partial charge in [-0.15, -0.1) is 0 Å². The topological polar surface area (TPSA) is 29.3 Å². The summed E-state index contributed by atoms with van der Waals surface area (Å²) in [5.41, 5.74) is 8.45. The van der Waals surface area contributed by atoms with E-state index in [4.69, 9.17) is 5.73 Å². The van der Waals surface area contributed by atoms with Crippen molar-refractivity contribution in [3.8, 4) is 0 Å². The summed E-state index contributed by atoms with van der Waals surface area (Å²) in [5, 5.41) is 0. The largest absolute Gasteiger partial charge is 0.374 e. The Balaban J connectivity index is 2.93. The summed E-state index contributed by atoms with van der Waals surface area (Å²) in [4.78, 5) is 2.29. The molecule has 1 rings (SSSR count). The van der Waals surface area contributed by atoms with Gasteiger partial charge in [0.1, 0.15) is 0 Å². The molecule has 1 aromatic carbocycles. The molecular weight excluding hydrogens is 264 g/mol.